The molecule has 0 spiro atoms. The first kappa shape index (κ1) is 18.3. The van der Waals surface area contributed by atoms with E-state index in [1.807, 2.05) is 6.08 Å². The van der Waals surface area contributed by atoms with E-state index in [9.17, 15) is 14.4 Å². The SMILES string of the molecule is COC(=O)C1C(=O)O[C@H]2C=CC[C@@]12CCCOC(=O)OC(C)(C)C. The highest BCUT2D eigenvalue weighted by molar-refractivity contribution is 5.98. The lowest BCUT2D eigenvalue weighted by molar-refractivity contribution is -0.156. The number of carbonyl (C=O) groups excluding carboxylic acids is 3. The third-order valence-electron chi connectivity index (χ3n) is 4.26. The number of carbonyl (C=O) groups is 3. The van der Waals surface area contributed by atoms with Crippen molar-refractivity contribution in [1.82, 2.24) is 0 Å². The van der Waals surface area contributed by atoms with Gasteiger partial charge < -0.3 is 18.9 Å². The van der Waals surface area contributed by atoms with Gasteiger partial charge in [-0.3, -0.25) is 9.59 Å². The van der Waals surface area contributed by atoms with Crippen LogP contribution >= 0.6 is 0 Å². The predicted octanol–water partition coefficient (Wildman–Crippen LogP) is 2.38. The molecule has 1 heterocycles. The fraction of sp³-hybridized carbons (Fsp3) is 0.706. The molecule has 24 heavy (non-hydrogen) atoms. The highest BCUT2D eigenvalue weighted by atomic mass is 16.7. The van der Waals surface area contributed by atoms with E-state index in [0.717, 1.165) is 0 Å². The van der Waals surface area contributed by atoms with Gasteiger partial charge >= 0.3 is 18.1 Å². The summed E-state index contributed by atoms with van der Waals surface area (Å²) in [4.78, 5) is 35.6. The van der Waals surface area contributed by atoms with Gasteiger partial charge in [-0.25, -0.2) is 4.79 Å². The van der Waals surface area contributed by atoms with Crippen molar-refractivity contribution in [3.8, 4) is 0 Å². The Morgan fingerprint density at radius 2 is 2.08 bits per heavy atom. The highest BCUT2D eigenvalue weighted by Gasteiger charge is 2.60. The van der Waals surface area contributed by atoms with Crippen molar-refractivity contribution in [3.63, 3.8) is 0 Å². The van der Waals surface area contributed by atoms with E-state index in [1.165, 1.54) is 7.11 Å². The summed E-state index contributed by atoms with van der Waals surface area (Å²) in [5.41, 5.74) is -1.26. The number of ether oxygens (including phenoxy) is 4. The summed E-state index contributed by atoms with van der Waals surface area (Å²) in [6, 6.07) is 0. The molecule has 1 fully saturated rings. The Balaban J connectivity index is 1.93. The molecule has 0 saturated carbocycles. The largest absolute Gasteiger partial charge is 0.508 e. The molecule has 0 aromatic heterocycles. The molecule has 0 aromatic carbocycles. The van der Waals surface area contributed by atoms with Crippen LogP contribution < -0.4 is 0 Å². The number of methoxy groups -OCH3 is 1. The molecule has 1 aliphatic carbocycles. The molecule has 1 saturated heterocycles. The molecule has 1 aliphatic heterocycles. The van der Waals surface area contributed by atoms with Gasteiger partial charge in [0.25, 0.3) is 0 Å². The molecule has 0 radical (unpaired) electrons. The quantitative estimate of drug-likeness (QED) is 0.250. The van der Waals surface area contributed by atoms with Gasteiger partial charge in [-0.05, 0) is 46.1 Å². The highest BCUT2D eigenvalue weighted by Crippen LogP contribution is 2.51. The van der Waals surface area contributed by atoms with Crippen molar-refractivity contribution >= 4 is 18.1 Å². The van der Waals surface area contributed by atoms with Crippen molar-refractivity contribution in [1.29, 1.82) is 0 Å². The summed E-state index contributed by atoms with van der Waals surface area (Å²) in [6.07, 6.45) is 4.08. The van der Waals surface area contributed by atoms with Crippen LogP contribution in [-0.2, 0) is 28.5 Å². The summed E-state index contributed by atoms with van der Waals surface area (Å²) in [6.45, 7) is 5.41. The number of hydrogen-bond acceptors (Lipinski definition) is 7. The minimum atomic E-state index is -0.941. The van der Waals surface area contributed by atoms with Gasteiger partial charge in [0.2, 0.25) is 0 Å². The zero-order chi connectivity index (χ0) is 18.0. The topological polar surface area (TPSA) is 88.1 Å². The minimum Gasteiger partial charge on any atom is -0.468 e. The van der Waals surface area contributed by atoms with Crippen LogP contribution in [0.4, 0.5) is 4.79 Å². The third-order valence-corrected chi connectivity index (χ3v) is 4.26. The van der Waals surface area contributed by atoms with E-state index >= 15 is 0 Å². The maximum absolute atomic E-state index is 12.0. The van der Waals surface area contributed by atoms with E-state index in [4.69, 9.17) is 18.9 Å². The Kier molecular flexibility index (Phi) is 5.20. The third kappa shape index (κ3) is 3.71. The van der Waals surface area contributed by atoms with Gasteiger partial charge in [0.05, 0.1) is 13.7 Å². The molecule has 2 aliphatic rings. The molecule has 7 nitrogen and oxygen atoms in total. The molecule has 2 rings (SSSR count). The number of esters is 2. The van der Waals surface area contributed by atoms with Crippen LogP contribution in [0.15, 0.2) is 12.2 Å². The number of hydrogen-bond donors (Lipinski definition) is 0. The van der Waals surface area contributed by atoms with Gasteiger partial charge in [0.1, 0.15) is 11.7 Å². The van der Waals surface area contributed by atoms with E-state index in [0.29, 0.717) is 19.3 Å². The average molecular weight is 340 g/mol. The second-order valence-electron chi connectivity index (χ2n) is 7.10. The molecule has 0 amide bonds. The van der Waals surface area contributed by atoms with Crippen LogP contribution in [0.2, 0.25) is 0 Å². The molecule has 0 aromatic rings. The van der Waals surface area contributed by atoms with Crippen molar-refractivity contribution in [2.75, 3.05) is 13.7 Å². The fourth-order valence-electron chi connectivity index (χ4n) is 3.26. The van der Waals surface area contributed by atoms with Gasteiger partial charge in [0, 0.05) is 5.41 Å². The maximum Gasteiger partial charge on any atom is 0.508 e. The first-order valence-electron chi connectivity index (χ1n) is 8.00. The first-order valence-corrected chi connectivity index (χ1v) is 8.00. The molecule has 0 N–H and O–H groups in total. The Bertz CT molecular complexity index is 546. The van der Waals surface area contributed by atoms with E-state index < -0.39 is 41.1 Å². The van der Waals surface area contributed by atoms with Crippen LogP contribution in [0.5, 0.6) is 0 Å². The van der Waals surface area contributed by atoms with Crippen molar-refractivity contribution in [3.05, 3.63) is 12.2 Å². The van der Waals surface area contributed by atoms with Gasteiger partial charge in [0.15, 0.2) is 5.92 Å². The second-order valence-corrected chi connectivity index (χ2v) is 7.10. The lowest BCUT2D eigenvalue weighted by Crippen LogP contribution is -2.39. The Labute approximate surface area is 141 Å². The first-order chi connectivity index (χ1) is 11.2. The molecule has 134 valence electrons. The van der Waals surface area contributed by atoms with Crippen molar-refractivity contribution in [2.45, 2.75) is 51.7 Å². The van der Waals surface area contributed by atoms with E-state index in [1.54, 1.807) is 26.8 Å². The summed E-state index contributed by atoms with van der Waals surface area (Å²) in [7, 11) is 1.25. The maximum atomic E-state index is 12.0. The predicted molar refractivity (Wildman–Crippen MR) is 83.0 cm³/mol. The lowest BCUT2D eigenvalue weighted by atomic mass is 9.70. The summed E-state index contributed by atoms with van der Waals surface area (Å²) < 4.78 is 20.2. The van der Waals surface area contributed by atoms with Crippen LogP contribution in [0, 0.1) is 11.3 Å². The normalized spacial score (nSPS) is 28.2. The number of fused-ring (bicyclic) bond motifs is 1. The zero-order valence-corrected chi connectivity index (χ0v) is 14.5. The van der Waals surface area contributed by atoms with Gasteiger partial charge in [-0.1, -0.05) is 6.08 Å². The van der Waals surface area contributed by atoms with Crippen molar-refractivity contribution in [2.24, 2.45) is 11.3 Å². The van der Waals surface area contributed by atoms with Crippen molar-refractivity contribution < 1.29 is 33.3 Å². The molecule has 1 unspecified atom stereocenters. The molecular weight excluding hydrogens is 316 g/mol. The van der Waals surface area contributed by atoms with Gasteiger partial charge in [-0.2, -0.15) is 0 Å². The van der Waals surface area contributed by atoms with E-state index in [-0.39, 0.29) is 6.61 Å². The fourth-order valence-corrected chi connectivity index (χ4v) is 3.26. The summed E-state index contributed by atoms with van der Waals surface area (Å²) >= 11 is 0. The van der Waals surface area contributed by atoms with Gasteiger partial charge in [-0.15, -0.1) is 0 Å². The number of rotatable bonds is 5. The standard InChI is InChI=1S/C17H24O7/c1-16(2,3)24-15(20)22-10-6-9-17-8-5-7-11(17)23-14(19)12(17)13(18)21-4/h5,7,11-12H,6,8-10H2,1-4H3/t11-,12?,17-/m0/s1. The van der Waals surface area contributed by atoms with Crippen LogP contribution in [0.3, 0.4) is 0 Å². The monoisotopic (exact) mass is 340 g/mol. The zero-order valence-electron chi connectivity index (χ0n) is 14.5. The lowest BCUT2D eigenvalue weighted by Gasteiger charge is -2.30. The van der Waals surface area contributed by atoms with Crippen LogP contribution in [0.25, 0.3) is 0 Å². The smallest absolute Gasteiger partial charge is 0.468 e. The second kappa shape index (κ2) is 6.83. The molecule has 7 heteroatoms. The molecule has 0 bridgehead atoms. The molecular formula is C17H24O7. The molecule has 3 atom stereocenters. The Morgan fingerprint density at radius 1 is 1.38 bits per heavy atom. The van der Waals surface area contributed by atoms with Crippen LogP contribution in [-0.4, -0.2) is 43.5 Å². The Morgan fingerprint density at radius 3 is 2.71 bits per heavy atom. The number of allylic oxidation sites excluding steroid dienone is 1. The Hall–Kier alpha value is -2.05. The minimum absolute atomic E-state index is 0.144. The van der Waals surface area contributed by atoms with Crippen LogP contribution in [0.1, 0.15) is 40.0 Å². The summed E-state index contributed by atoms with van der Waals surface area (Å²) in [5.74, 6) is -2.08. The average Bonchev–Trinajstić information content (AvgIpc) is 2.96. The summed E-state index contributed by atoms with van der Waals surface area (Å²) in [5, 5.41) is 0. The van der Waals surface area contributed by atoms with E-state index in [2.05, 4.69) is 0 Å².